The van der Waals surface area contributed by atoms with Crippen molar-refractivity contribution in [1.82, 2.24) is 15.2 Å². The first-order valence-corrected chi connectivity index (χ1v) is 6.09. The van der Waals surface area contributed by atoms with Crippen molar-refractivity contribution < 1.29 is 4.79 Å². The molecule has 0 aliphatic carbocycles. The summed E-state index contributed by atoms with van der Waals surface area (Å²) in [6.45, 7) is 0. The van der Waals surface area contributed by atoms with Gasteiger partial charge in [-0.2, -0.15) is 5.10 Å². The first-order chi connectivity index (χ1) is 9.15. The summed E-state index contributed by atoms with van der Waals surface area (Å²) in [5.41, 5.74) is 0.620. The molecule has 0 unspecified atom stereocenters. The minimum atomic E-state index is -0.365. The third kappa shape index (κ3) is 3.85. The third-order valence-electron chi connectivity index (χ3n) is 2.43. The van der Waals surface area contributed by atoms with Crippen molar-refractivity contribution in [3.63, 3.8) is 0 Å². The van der Waals surface area contributed by atoms with Crippen molar-refractivity contribution in [3.8, 4) is 0 Å². The molecule has 3 N–H and O–H groups in total. The van der Waals surface area contributed by atoms with Gasteiger partial charge in [-0.15, -0.1) is 0 Å². The number of anilines is 1. The van der Waals surface area contributed by atoms with E-state index < -0.39 is 0 Å². The molecule has 0 aliphatic heterocycles. The molecule has 98 valence electrons. The molecule has 2 rings (SSSR count). The van der Waals surface area contributed by atoms with Gasteiger partial charge in [0, 0.05) is 18.5 Å². The number of benzene rings is 1. The second-order valence-electron chi connectivity index (χ2n) is 3.87. The maximum atomic E-state index is 11.7. The molecule has 6 nitrogen and oxygen atoms in total. The topological polar surface area (TPSA) is 90.6 Å². The van der Waals surface area contributed by atoms with Crippen LogP contribution in [0.3, 0.4) is 0 Å². The van der Waals surface area contributed by atoms with Crippen LogP contribution >= 0.6 is 12.2 Å². The molecule has 0 saturated heterocycles. The standard InChI is InChI=1S/C12H12N4O2S/c17-10(13-8-4-2-1-3-5-8)7-6-9-11(18)14-12(19)16-15-9/h1-5H,6-7H2,(H,13,17)(H2,14,16,18,19). The van der Waals surface area contributed by atoms with Gasteiger partial charge >= 0.3 is 0 Å². The second-order valence-corrected chi connectivity index (χ2v) is 4.28. The normalized spacial score (nSPS) is 10.1. The van der Waals surface area contributed by atoms with Crippen molar-refractivity contribution in [3.05, 3.63) is 51.2 Å². The Balaban J connectivity index is 1.94. The summed E-state index contributed by atoms with van der Waals surface area (Å²) in [4.78, 5) is 25.6. The molecule has 0 fully saturated rings. The largest absolute Gasteiger partial charge is 0.326 e. The molecule has 1 heterocycles. The van der Waals surface area contributed by atoms with E-state index in [0.29, 0.717) is 0 Å². The number of rotatable bonds is 4. The predicted octanol–water partition coefficient (Wildman–Crippen LogP) is 1.40. The number of hydrogen-bond acceptors (Lipinski definition) is 4. The number of hydrogen-bond donors (Lipinski definition) is 3. The minimum Gasteiger partial charge on any atom is -0.326 e. The van der Waals surface area contributed by atoms with Gasteiger partial charge in [0.05, 0.1) is 0 Å². The predicted molar refractivity (Wildman–Crippen MR) is 73.4 cm³/mol. The average molecular weight is 276 g/mol. The van der Waals surface area contributed by atoms with E-state index in [0.717, 1.165) is 5.69 Å². The van der Waals surface area contributed by atoms with Gasteiger partial charge in [0.15, 0.2) is 4.77 Å². The number of aromatic amines is 2. The smallest absolute Gasteiger partial charge is 0.273 e. The van der Waals surface area contributed by atoms with Gasteiger partial charge < -0.3 is 5.32 Å². The molecule has 0 saturated carbocycles. The Labute approximate surface area is 113 Å². The molecule has 0 atom stereocenters. The highest BCUT2D eigenvalue weighted by atomic mass is 32.1. The summed E-state index contributed by atoms with van der Waals surface area (Å²) >= 11 is 4.73. The Bertz CT molecular complexity index is 678. The van der Waals surface area contributed by atoms with Crippen molar-refractivity contribution >= 4 is 23.8 Å². The molecule has 1 aromatic heterocycles. The summed E-state index contributed by atoms with van der Waals surface area (Å²) in [7, 11) is 0. The van der Waals surface area contributed by atoms with Gasteiger partial charge in [-0.05, 0) is 24.4 Å². The summed E-state index contributed by atoms with van der Waals surface area (Å²) in [6.07, 6.45) is 0.426. The molecular weight excluding hydrogens is 264 g/mol. The van der Waals surface area contributed by atoms with Crippen LogP contribution in [-0.4, -0.2) is 21.1 Å². The molecular formula is C12H12N4O2S. The van der Waals surface area contributed by atoms with E-state index in [2.05, 4.69) is 20.5 Å². The molecule has 2 aromatic rings. The van der Waals surface area contributed by atoms with Crippen LogP contribution in [0.2, 0.25) is 0 Å². The van der Waals surface area contributed by atoms with Crippen LogP contribution in [0.15, 0.2) is 35.1 Å². The number of aromatic nitrogens is 3. The highest BCUT2D eigenvalue weighted by molar-refractivity contribution is 7.71. The number of carbonyl (C=O) groups is 1. The third-order valence-corrected chi connectivity index (χ3v) is 2.62. The van der Waals surface area contributed by atoms with Crippen LogP contribution < -0.4 is 10.9 Å². The van der Waals surface area contributed by atoms with Crippen molar-refractivity contribution in [2.75, 3.05) is 5.32 Å². The Hall–Kier alpha value is -2.28. The molecule has 0 aliphatic rings. The SMILES string of the molecule is O=C(CCc1n[nH]c(=S)[nH]c1=O)Nc1ccccc1. The van der Waals surface area contributed by atoms with Crippen molar-refractivity contribution in [1.29, 1.82) is 0 Å². The molecule has 7 heteroatoms. The van der Waals surface area contributed by atoms with Crippen LogP contribution in [0.4, 0.5) is 5.69 Å². The number of para-hydroxylation sites is 1. The summed E-state index contributed by atoms with van der Waals surface area (Å²) in [5.74, 6) is -0.171. The molecule has 0 radical (unpaired) electrons. The highest BCUT2D eigenvalue weighted by Crippen LogP contribution is 2.05. The summed E-state index contributed by atoms with van der Waals surface area (Å²) in [5, 5.41) is 9.03. The van der Waals surface area contributed by atoms with Crippen LogP contribution in [0, 0.1) is 4.77 Å². The lowest BCUT2D eigenvalue weighted by Gasteiger charge is -2.04. The van der Waals surface area contributed by atoms with Crippen molar-refractivity contribution in [2.24, 2.45) is 0 Å². The Morgan fingerprint density at radius 3 is 2.74 bits per heavy atom. The van der Waals surface area contributed by atoms with Gasteiger partial charge in [-0.3, -0.25) is 19.7 Å². The molecule has 19 heavy (non-hydrogen) atoms. The minimum absolute atomic E-state index is 0.169. The number of carbonyl (C=O) groups excluding carboxylic acids is 1. The van der Waals surface area contributed by atoms with E-state index in [1.54, 1.807) is 12.1 Å². The lowest BCUT2D eigenvalue weighted by atomic mass is 10.2. The van der Waals surface area contributed by atoms with Crippen LogP contribution in [0.5, 0.6) is 0 Å². The van der Waals surface area contributed by atoms with E-state index >= 15 is 0 Å². The second kappa shape index (κ2) is 6.05. The van der Waals surface area contributed by atoms with Gasteiger partial charge in [-0.1, -0.05) is 18.2 Å². The van der Waals surface area contributed by atoms with Gasteiger partial charge in [0.25, 0.3) is 5.56 Å². The maximum absolute atomic E-state index is 11.7. The van der Waals surface area contributed by atoms with E-state index in [4.69, 9.17) is 12.2 Å². The number of H-pyrrole nitrogens is 2. The van der Waals surface area contributed by atoms with Crippen LogP contribution in [-0.2, 0) is 11.2 Å². The number of aryl methyl sites for hydroxylation is 1. The number of nitrogens with one attached hydrogen (secondary N) is 3. The van der Waals surface area contributed by atoms with Crippen LogP contribution in [0.1, 0.15) is 12.1 Å². The molecule has 0 spiro atoms. The molecule has 0 bridgehead atoms. The van der Waals surface area contributed by atoms with Crippen LogP contribution in [0.25, 0.3) is 0 Å². The first-order valence-electron chi connectivity index (χ1n) is 5.68. The summed E-state index contributed by atoms with van der Waals surface area (Å²) in [6, 6.07) is 9.12. The molecule has 1 amide bonds. The fraction of sp³-hybridized carbons (Fsp3) is 0.167. The lowest BCUT2D eigenvalue weighted by molar-refractivity contribution is -0.116. The maximum Gasteiger partial charge on any atom is 0.273 e. The van der Waals surface area contributed by atoms with E-state index in [1.165, 1.54) is 0 Å². The Morgan fingerprint density at radius 1 is 1.32 bits per heavy atom. The molecule has 1 aromatic carbocycles. The number of amides is 1. The van der Waals surface area contributed by atoms with E-state index in [9.17, 15) is 9.59 Å². The van der Waals surface area contributed by atoms with Gasteiger partial charge in [0.1, 0.15) is 5.69 Å². The zero-order valence-electron chi connectivity index (χ0n) is 9.97. The number of nitrogens with zero attached hydrogens (tertiary/aromatic N) is 1. The van der Waals surface area contributed by atoms with E-state index in [-0.39, 0.29) is 34.8 Å². The lowest BCUT2D eigenvalue weighted by Crippen LogP contribution is -2.19. The monoisotopic (exact) mass is 276 g/mol. The van der Waals surface area contributed by atoms with Gasteiger partial charge in [-0.25, -0.2) is 0 Å². The fourth-order valence-electron chi connectivity index (χ4n) is 1.52. The van der Waals surface area contributed by atoms with Crippen molar-refractivity contribution in [2.45, 2.75) is 12.8 Å². The Kier molecular flexibility index (Phi) is 4.19. The van der Waals surface area contributed by atoms with Gasteiger partial charge in [0.2, 0.25) is 5.91 Å². The fourth-order valence-corrected chi connectivity index (χ4v) is 1.66. The zero-order valence-corrected chi connectivity index (χ0v) is 10.8. The Morgan fingerprint density at radius 2 is 2.05 bits per heavy atom. The summed E-state index contributed by atoms with van der Waals surface area (Å²) < 4.78 is 0.169. The van der Waals surface area contributed by atoms with E-state index in [1.807, 2.05) is 18.2 Å². The highest BCUT2D eigenvalue weighted by Gasteiger charge is 2.06. The zero-order chi connectivity index (χ0) is 13.7. The average Bonchev–Trinajstić information content (AvgIpc) is 2.39. The quantitative estimate of drug-likeness (QED) is 0.736. The first kappa shape index (κ1) is 13.2.